The fraction of sp³-hybridized carbons (Fsp3) is 0.188. The highest BCUT2D eigenvalue weighted by molar-refractivity contribution is 6.05. The Kier molecular flexibility index (Phi) is 2.62. The van der Waals surface area contributed by atoms with Crippen molar-refractivity contribution in [3.05, 3.63) is 54.1 Å². The van der Waals surface area contributed by atoms with E-state index in [0.29, 0.717) is 5.75 Å². The fourth-order valence-corrected chi connectivity index (χ4v) is 2.84. The second-order valence-electron chi connectivity index (χ2n) is 5.13. The van der Waals surface area contributed by atoms with Gasteiger partial charge in [-0.05, 0) is 29.8 Å². The zero-order chi connectivity index (χ0) is 14.4. The maximum Gasteiger partial charge on any atom is 0.247 e. The fourth-order valence-electron chi connectivity index (χ4n) is 2.84. The smallest absolute Gasteiger partial charge is 0.247 e. The Morgan fingerprint density at radius 2 is 1.81 bits per heavy atom. The summed E-state index contributed by atoms with van der Waals surface area (Å²) in [5, 5.41) is 0. The molecule has 0 spiro atoms. The number of β-lactam (4-membered cyclic amide) rings is 1. The largest absolute Gasteiger partial charge is 0.454 e. The van der Waals surface area contributed by atoms with Crippen LogP contribution in [-0.2, 0) is 4.79 Å². The van der Waals surface area contributed by atoms with Crippen molar-refractivity contribution in [1.82, 2.24) is 0 Å². The molecule has 106 valence electrons. The van der Waals surface area contributed by atoms with E-state index < -0.39 is 6.04 Å². The summed E-state index contributed by atoms with van der Waals surface area (Å²) in [7, 11) is 0. The van der Waals surface area contributed by atoms with Crippen molar-refractivity contribution in [2.45, 2.75) is 12.1 Å². The first-order valence-electron chi connectivity index (χ1n) is 6.79. The van der Waals surface area contributed by atoms with Gasteiger partial charge in [-0.3, -0.25) is 4.79 Å². The van der Waals surface area contributed by atoms with E-state index in [1.54, 1.807) is 4.90 Å². The molecule has 0 radical (unpaired) electrons. The minimum atomic E-state index is -0.523. The number of hydrogen-bond donors (Lipinski definition) is 1. The number of nitrogens with two attached hydrogens (primary N) is 1. The van der Waals surface area contributed by atoms with Crippen LogP contribution in [0.5, 0.6) is 11.5 Å². The standard InChI is InChI=1S/C16H14N2O3/c17-14-15(10-6-7-12-13(8-10)21-9-20-12)18(16(14)19)11-4-2-1-3-5-11/h1-8,14-15H,9,17H2. The monoisotopic (exact) mass is 282 g/mol. The van der Waals surface area contributed by atoms with Crippen molar-refractivity contribution in [2.75, 3.05) is 11.7 Å². The highest BCUT2D eigenvalue weighted by atomic mass is 16.7. The predicted molar refractivity (Wildman–Crippen MR) is 77.2 cm³/mol. The molecule has 1 saturated heterocycles. The van der Waals surface area contributed by atoms with Crippen LogP contribution < -0.4 is 20.1 Å². The Labute approximate surface area is 121 Å². The molecule has 0 aliphatic carbocycles. The molecule has 1 amide bonds. The molecule has 4 rings (SSSR count). The summed E-state index contributed by atoms with van der Waals surface area (Å²) >= 11 is 0. The Balaban J connectivity index is 1.71. The van der Waals surface area contributed by atoms with E-state index >= 15 is 0 Å². The van der Waals surface area contributed by atoms with Crippen molar-refractivity contribution < 1.29 is 14.3 Å². The van der Waals surface area contributed by atoms with Gasteiger partial charge in [0.2, 0.25) is 12.7 Å². The number of rotatable bonds is 2. The Morgan fingerprint density at radius 3 is 2.62 bits per heavy atom. The molecule has 0 saturated carbocycles. The van der Waals surface area contributed by atoms with Crippen LogP contribution in [-0.4, -0.2) is 18.7 Å². The Bertz CT molecular complexity index is 702. The molecule has 2 atom stereocenters. The van der Waals surface area contributed by atoms with E-state index in [2.05, 4.69) is 0 Å². The van der Waals surface area contributed by atoms with E-state index in [9.17, 15) is 4.79 Å². The molecule has 2 N–H and O–H groups in total. The molecule has 0 aromatic heterocycles. The van der Waals surface area contributed by atoms with E-state index in [4.69, 9.17) is 15.2 Å². The number of carbonyl (C=O) groups excluding carboxylic acids is 1. The minimum absolute atomic E-state index is 0.0659. The summed E-state index contributed by atoms with van der Waals surface area (Å²) in [4.78, 5) is 13.8. The van der Waals surface area contributed by atoms with Crippen LogP contribution >= 0.6 is 0 Å². The van der Waals surface area contributed by atoms with Gasteiger partial charge < -0.3 is 20.1 Å². The molecule has 2 aromatic rings. The van der Waals surface area contributed by atoms with E-state index in [-0.39, 0.29) is 18.7 Å². The number of carbonyl (C=O) groups is 1. The Morgan fingerprint density at radius 1 is 1.05 bits per heavy atom. The molecule has 2 aromatic carbocycles. The number of anilines is 1. The zero-order valence-corrected chi connectivity index (χ0v) is 11.2. The van der Waals surface area contributed by atoms with Crippen molar-refractivity contribution >= 4 is 11.6 Å². The van der Waals surface area contributed by atoms with Crippen LogP contribution in [0, 0.1) is 0 Å². The molecule has 1 fully saturated rings. The average molecular weight is 282 g/mol. The maximum absolute atomic E-state index is 12.1. The molecule has 2 aliphatic rings. The second-order valence-corrected chi connectivity index (χ2v) is 5.13. The number of nitrogens with zero attached hydrogens (tertiary/aromatic N) is 1. The quantitative estimate of drug-likeness (QED) is 0.853. The van der Waals surface area contributed by atoms with Gasteiger partial charge in [-0.15, -0.1) is 0 Å². The first-order valence-corrected chi connectivity index (χ1v) is 6.79. The van der Waals surface area contributed by atoms with Gasteiger partial charge in [0.1, 0.15) is 6.04 Å². The van der Waals surface area contributed by atoms with Crippen LogP contribution in [0.2, 0.25) is 0 Å². The highest BCUT2D eigenvalue weighted by Crippen LogP contribution is 2.41. The van der Waals surface area contributed by atoms with E-state index in [1.165, 1.54) is 0 Å². The summed E-state index contributed by atoms with van der Waals surface area (Å²) in [6.45, 7) is 0.233. The maximum atomic E-state index is 12.1. The summed E-state index contributed by atoms with van der Waals surface area (Å²) in [5.74, 6) is 1.36. The van der Waals surface area contributed by atoms with Crippen molar-refractivity contribution in [1.29, 1.82) is 0 Å². The molecule has 0 bridgehead atoms. The van der Waals surface area contributed by atoms with Crippen molar-refractivity contribution in [3.8, 4) is 11.5 Å². The van der Waals surface area contributed by atoms with E-state index in [0.717, 1.165) is 17.0 Å². The van der Waals surface area contributed by atoms with Crippen LogP contribution in [0.25, 0.3) is 0 Å². The summed E-state index contributed by atoms with van der Waals surface area (Å²) in [6.07, 6.45) is 0. The highest BCUT2D eigenvalue weighted by Gasteiger charge is 2.46. The third-order valence-corrected chi connectivity index (χ3v) is 3.91. The van der Waals surface area contributed by atoms with Crippen LogP contribution in [0.15, 0.2) is 48.5 Å². The second kappa shape index (κ2) is 4.49. The lowest BCUT2D eigenvalue weighted by Gasteiger charge is -2.45. The average Bonchev–Trinajstić information content (AvgIpc) is 2.99. The minimum Gasteiger partial charge on any atom is -0.454 e. The number of fused-ring (bicyclic) bond motifs is 1. The zero-order valence-electron chi connectivity index (χ0n) is 11.2. The molecular weight excluding hydrogens is 268 g/mol. The summed E-state index contributed by atoms with van der Waals surface area (Å²) in [5.41, 5.74) is 7.82. The predicted octanol–water partition coefficient (Wildman–Crippen LogP) is 1.83. The van der Waals surface area contributed by atoms with Crippen molar-refractivity contribution in [3.63, 3.8) is 0 Å². The summed E-state index contributed by atoms with van der Waals surface area (Å²) < 4.78 is 10.7. The first kappa shape index (κ1) is 12.2. The van der Waals surface area contributed by atoms with Gasteiger partial charge in [-0.2, -0.15) is 0 Å². The van der Waals surface area contributed by atoms with E-state index in [1.807, 2.05) is 48.5 Å². The number of para-hydroxylation sites is 1. The molecule has 2 aliphatic heterocycles. The topological polar surface area (TPSA) is 64.8 Å². The van der Waals surface area contributed by atoms with Gasteiger partial charge in [0.15, 0.2) is 11.5 Å². The molecule has 2 heterocycles. The SMILES string of the molecule is NC1C(=O)N(c2ccccc2)C1c1ccc2c(c1)OCO2. The third kappa shape index (κ3) is 1.78. The molecule has 21 heavy (non-hydrogen) atoms. The van der Waals surface area contributed by atoms with Crippen LogP contribution in [0.1, 0.15) is 11.6 Å². The lowest BCUT2D eigenvalue weighted by atomic mass is 9.88. The molecule has 2 unspecified atom stereocenters. The molecule has 5 nitrogen and oxygen atoms in total. The van der Waals surface area contributed by atoms with Gasteiger partial charge in [-0.1, -0.05) is 24.3 Å². The van der Waals surface area contributed by atoms with Gasteiger partial charge in [0.25, 0.3) is 0 Å². The van der Waals surface area contributed by atoms with Crippen LogP contribution in [0.3, 0.4) is 0 Å². The number of benzene rings is 2. The normalized spacial score (nSPS) is 23.1. The van der Waals surface area contributed by atoms with Gasteiger partial charge in [-0.25, -0.2) is 0 Å². The number of amides is 1. The molecular formula is C16H14N2O3. The third-order valence-electron chi connectivity index (χ3n) is 3.91. The Hall–Kier alpha value is -2.53. The lowest BCUT2D eigenvalue weighted by Crippen LogP contribution is -2.63. The van der Waals surface area contributed by atoms with Gasteiger partial charge >= 0.3 is 0 Å². The van der Waals surface area contributed by atoms with Gasteiger partial charge in [0.05, 0.1) is 6.04 Å². The van der Waals surface area contributed by atoms with Crippen LogP contribution in [0.4, 0.5) is 5.69 Å². The first-order chi connectivity index (χ1) is 10.3. The molecule has 5 heteroatoms. The van der Waals surface area contributed by atoms with Crippen molar-refractivity contribution in [2.24, 2.45) is 5.73 Å². The number of hydrogen-bond acceptors (Lipinski definition) is 4. The van der Waals surface area contributed by atoms with Gasteiger partial charge in [0, 0.05) is 5.69 Å². The number of ether oxygens (including phenoxy) is 2. The lowest BCUT2D eigenvalue weighted by molar-refractivity contribution is -0.126. The summed E-state index contributed by atoms with van der Waals surface area (Å²) in [6, 6.07) is 14.5.